The third kappa shape index (κ3) is 4.81. The highest BCUT2D eigenvalue weighted by molar-refractivity contribution is 6.32. The van der Waals surface area contributed by atoms with Gasteiger partial charge in [0.2, 0.25) is 0 Å². The molecular formula is C17H16Cl2N2O3. The first-order chi connectivity index (χ1) is 11.5. The van der Waals surface area contributed by atoms with E-state index in [9.17, 15) is 4.79 Å². The van der Waals surface area contributed by atoms with Crippen LogP contribution in [0, 0.1) is 0 Å². The Balaban J connectivity index is 2.04. The highest BCUT2D eigenvalue weighted by atomic mass is 35.5. The summed E-state index contributed by atoms with van der Waals surface area (Å²) in [6.45, 7) is 0. The van der Waals surface area contributed by atoms with Crippen molar-refractivity contribution in [3.63, 3.8) is 0 Å². The first-order valence-electron chi connectivity index (χ1n) is 6.94. The van der Waals surface area contributed by atoms with Crippen molar-refractivity contribution in [3.05, 3.63) is 58.2 Å². The summed E-state index contributed by atoms with van der Waals surface area (Å²) in [5, 5.41) is 6.28. The van der Waals surface area contributed by atoms with Gasteiger partial charge in [0.15, 0.2) is 0 Å². The summed E-state index contributed by atoms with van der Waals surface area (Å²) in [5.74, 6) is 0.858. The highest BCUT2D eigenvalue weighted by Crippen LogP contribution is 2.35. The average molecular weight is 367 g/mol. The molecular weight excluding hydrogens is 351 g/mol. The quantitative estimate of drug-likeness (QED) is 0.798. The number of amides is 2. The van der Waals surface area contributed by atoms with Gasteiger partial charge in [0, 0.05) is 23.4 Å². The zero-order chi connectivity index (χ0) is 17.5. The molecule has 2 amide bonds. The number of rotatable bonds is 5. The molecule has 0 aliphatic heterocycles. The smallest absolute Gasteiger partial charge is 0.323 e. The molecule has 24 heavy (non-hydrogen) atoms. The van der Waals surface area contributed by atoms with E-state index in [1.54, 1.807) is 30.3 Å². The van der Waals surface area contributed by atoms with Crippen LogP contribution in [0.5, 0.6) is 11.5 Å². The summed E-state index contributed by atoms with van der Waals surface area (Å²) < 4.78 is 10.3. The van der Waals surface area contributed by atoms with Gasteiger partial charge in [-0.25, -0.2) is 4.79 Å². The highest BCUT2D eigenvalue weighted by Gasteiger charge is 2.11. The van der Waals surface area contributed by atoms with Gasteiger partial charge in [-0.2, -0.15) is 0 Å². The van der Waals surface area contributed by atoms with Crippen molar-refractivity contribution in [1.82, 2.24) is 5.32 Å². The SMILES string of the molecule is COc1cc(NC(=O)N/C=C/c2cccc(Cl)c2)c(OC)cc1Cl. The molecule has 0 saturated carbocycles. The monoisotopic (exact) mass is 366 g/mol. The zero-order valence-corrected chi connectivity index (χ0v) is 14.6. The van der Waals surface area contributed by atoms with E-state index in [2.05, 4.69) is 10.6 Å². The number of nitrogens with one attached hydrogen (secondary N) is 2. The lowest BCUT2D eigenvalue weighted by Gasteiger charge is -2.12. The molecule has 0 saturated heterocycles. The van der Waals surface area contributed by atoms with E-state index in [0.717, 1.165) is 5.56 Å². The minimum absolute atomic E-state index is 0.390. The predicted octanol–water partition coefficient (Wildman–Crippen LogP) is 4.80. The summed E-state index contributed by atoms with van der Waals surface area (Å²) in [5.41, 5.74) is 1.31. The minimum atomic E-state index is -0.434. The molecule has 7 heteroatoms. The standard InChI is InChI=1S/C17H16Cl2N2O3/c1-23-15-10-14(16(24-2)9-13(15)19)21-17(22)20-7-6-11-4-3-5-12(18)8-11/h3-10H,1-2H3,(H2,20,21,22)/b7-6+. The van der Waals surface area contributed by atoms with Crippen molar-refractivity contribution in [3.8, 4) is 11.5 Å². The third-order valence-corrected chi connectivity index (χ3v) is 3.59. The summed E-state index contributed by atoms with van der Waals surface area (Å²) in [4.78, 5) is 12.0. The predicted molar refractivity (Wildman–Crippen MR) is 97.2 cm³/mol. The van der Waals surface area contributed by atoms with Crippen molar-refractivity contribution >= 4 is 41.0 Å². The van der Waals surface area contributed by atoms with Crippen LogP contribution in [0.2, 0.25) is 10.0 Å². The molecule has 0 fully saturated rings. The Morgan fingerprint density at radius 2 is 1.83 bits per heavy atom. The largest absolute Gasteiger partial charge is 0.495 e. The lowest BCUT2D eigenvalue weighted by atomic mass is 10.2. The molecule has 0 spiro atoms. The average Bonchev–Trinajstić information content (AvgIpc) is 2.56. The van der Waals surface area contributed by atoms with Gasteiger partial charge in [-0.3, -0.25) is 0 Å². The maximum Gasteiger partial charge on any atom is 0.323 e. The second kappa shape index (κ2) is 8.47. The van der Waals surface area contributed by atoms with Crippen LogP contribution in [-0.2, 0) is 0 Å². The molecule has 5 nitrogen and oxygen atoms in total. The van der Waals surface area contributed by atoms with Crippen LogP contribution in [0.25, 0.3) is 6.08 Å². The molecule has 2 aromatic rings. The molecule has 126 valence electrons. The maximum atomic E-state index is 12.0. The fraction of sp³-hybridized carbons (Fsp3) is 0.118. The van der Waals surface area contributed by atoms with Crippen LogP contribution in [-0.4, -0.2) is 20.3 Å². The second-order valence-corrected chi connectivity index (χ2v) is 5.52. The van der Waals surface area contributed by atoms with Crippen LogP contribution in [0.4, 0.5) is 10.5 Å². The lowest BCUT2D eigenvalue weighted by Crippen LogP contribution is -2.24. The Morgan fingerprint density at radius 3 is 2.50 bits per heavy atom. The normalized spacial score (nSPS) is 10.5. The van der Waals surface area contributed by atoms with Crippen LogP contribution >= 0.6 is 23.2 Å². The van der Waals surface area contributed by atoms with Crippen LogP contribution in [0.3, 0.4) is 0 Å². The number of hydrogen-bond donors (Lipinski definition) is 2. The fourth-order valence-electron chi connectivity index (χ4n) is 1.94. The van der Waals surface area contributed by atoms with E-state index in [1.807, 2.05) is 12.1 Å². The van der Waals surface area contributed by atoms with Gasteiger partial charge in [0.25, 0.3) is 0 Å². The topological polar surface area (TPSA) is 59.6 Å². The van der Waals surface area contributed by atoms with E-state index in [-0.39, 0.29) is 0 Å². The number of urea groups is 1. The number of methoxy groups -OCH3 is 2. The fourth-order valence-corrected chi connectivity index (χ4v) is 2.37. The van der Waals surface area contributed by atoms with Gasteiger partial charge in [0.1, 0.15) is 11.5 Å². The van der Waals surface area contributed by atoms with E-state index in [4.69, 9.17) is 32.7 Å². The number of anilines is 1. The first-order valence-corrected chi connectivity index (χ1v) is 7.70. The van der Waals surface area contributed by atoms with Crippen LogP contribution in [0.15, 0.2) is 42.6 Å². The molecule has 2 aromatic carbocycles. The lowest BCUT2D eigenvalue weighted by molar-refractivity contribution is 0.255. The Kier molecular flexibility index (Phi) is 6.35. The van der Waals surface area contributed by atoms with Crippen molar-refractivity contribution < 1.29 is 14.3 Å². The summed E-state index contributed by atoms with van der Waals surface area (Å²) in [6, 6.07) is 9.97. The molecule has 0 heterocycles. The molecule has 2 rings (SSSR count). The van der Waals surface area contributed by atoms with Gasteiger partial charge in [-0.15, -0.1) is 0 Å². The molecule has 2 N–H and O–H groups in total. The Labute approximate surface area is 150 Å². The van der Waals surface area contributed by atoms with Gasteiger partial charge in [0.05, 0.1) is 24.9 Å². The Bertz CT molecular complexity index is 763. The molecule has 0 aliphatic carbocycles. The number of carbonyl (C=O) groups excluding carboxylic acids is 1. The van der Waals surface area contributed by atoms with E-state index >= 15 is 0 Å². The summed E-state index contributed by atoms with van der Waals surface area (Å²) in [7, 11) is 2.98. The van der Waals surface area contributed by atoms with Crippen LogP contribution < -0.4 is 20.1 Å². The second-order valence-electron chi connectivity index (χ2n) is 4.67. The maximum absolute atomic E-state index is 12.0. The van der Waals surface area contributed by atoms with Crippen molar-refractivity contribution in [1.29, 1.82) is 0 Å². The van der Waals surface area contributed by atoms with E-state index in [1.165, 1.54) is 20.4 Å². The number of hydrogen-bond acceptors (Lipinski definition) is 3. The Morgan fingerprint density at radius 1 is 1.08 bits per heavy atom. The number of halogens is 2. The zero-order valence-electron chi connectivity index (χ0n) is 13.1. The number of carbonyl (C=O) groups is 1. The molecule has 0 aliphatic rings. The molecule has 0 bridgehead atoms. The molecule has 0 radical (unpaired) electrons. The summed E-state index contributed by atoms with van der Waals surface area (Å²) >= 11 is 11.9. The first kappa shape index (κ1) is 18.0. The number of ether oxygens (including phenoxy) is 2. The van der Waals surface area contributed by atoms with Crippen LogP contribution in [0.1, 0.15) is 5.56 Å². The molecule has 0 unspecified atom stereocenters. The Hall–Kier alpha value is -2.37. The van der Waals surface area contributed by atoms with E-state index < -0.39 is 6.03 Å². The molecule has 0 aromatic heterocycles. The van der Waals surface area contributed by atoms with Gasteiger partial charge in [-0.1, -0.05) is 35.3 Å². The van der Waals surface area contributed by atoms with Crippen molar-refractivity contribution in [2.24, 2.45) is 0 Å². The van der Waals surface area contributed by atoms with E-state index in [0.29, 0.717) is 27.2 Å². The van der Waals surface area contributed by atoms with Gasteiger partial charge >= 0.3 is 6.03 Å². The summed E-state index contributed by atoms with van der Waals surface area (Å²) in [6.07, 6.45) is 3.24. The van der Waals surface area contributed by atoms with Gasteiger partial charge in [-0.05, 0) is 23.8 Å². The van der Waals surface area contributed by atoms with Gasteiger partial charge < -0.3 is 20.1 Å². The number of benzene rings is 2. The third-order valence-electron chi connectivity index (χ3n) is 3.06. The van der Waals surface area contributed by atoms with Crippen molar-refractivity contribution in [2.75, 3.05) is 19.5 Å². The molecule has 0 atom stereocenters. The van der Waals surface area contributed by atoms with Crippen molar-refractivity contribution in [2.45, 2.75) is 0 Å². The minimum Gasteiger partial charge on any atom is -0.495 e.